The molecule has 2 heterocycles. The predicted octanol–water partition coefficient (Wildman–Crippen LogP) is 3.19. The third kappa shape index (κ3) is 5.26. The Morgan fingerprint density at radius 1 is 1.07 bits per heavy atom. The van der Waals surface area contributed by atoms with E-state index in [1.807, 2.05) is 54.6 Å². The van der Waals surface area contributed by atoms with E-state index in [1.165, 1.54) is 0 Å². The van der Waals surface area contributed by atoms with Crippen molar-refractivity contribution in [2.24, 2.45) is 0 Å². The molecule has 1 unspecified atom stereocenters. The Hall–Kier alpha value is -2.61. The SMILES string of the molecule is CN1CCNCC1c1noc(-c2ccccc2OCCOc2ccccc2)n1.Cl. The molecular weight excluding hydrogens is 392 g/mol. The van der Waals surface area contributed by atoms with E-state index >= 15 is 0 Å². The molecule has 1 N–H and O–H groups in total. The van der Waals surface area contributed by atoms with E-state index in [1.54, 1.807) is 0 Å². The van der Waals surface area contributed by atoms with Gasteiger partial charge in [0, 0.05) is 19.6 Å². The van der Waals surface area contributed by atoms with Crippen LogP contribution in [-0.4, -0.2) is 54.9 Å². The van der Waals surface area contributed by atoms with E-state index in [9.17, 15) is 0 Å². The summed E-state index contributed by atoms with van der Waals surface area (Å²) in [6, 6.07) is 17.5. The Balaban J connectivity index is 0.00000240. The summed E-state index contributed by atoms with van der Waals surface area (Å²) in [5.74, 6) is 2.68. The Morgan fingerprint density at radius 2 is 1.83 bits per heavy atom. The lowest BCUT2D eigenvalue weighted by atomic mass is 10.2. The number of para-hydroxylation sites is 2. The van der Waals surface area contributed by atoms with Gasteiger partial charge in [-0.25, -0.2) is 0 Å². The minimum Gasteiger partial charge on any atom is -0.490 e. The van der Waals surface area contributed by atoms with E-state index in [2.05, 4.69) is 27.4 Å². The van der Waals surface area contributed by atoms with Crippen molar-refractivity contribution in [3.63, 3.8) is 0 Å². The molecule has 3 aromatic rings. The molecule has 0 spiro atoms. The van der Waals surface area contributed by atoms with Crippen molar-refractivity contribution in [1.82, 2.24) is 20.4 Å². The van der Waals surface area contributed by atoms with Crippen molar-refractivity contribution >= 4 is 12.4 Å². The first-order valence-electron chi connectivity index (χ1n) is 9.46. The summed E-state index contributed by atoms with van der Waals surface area (Å²) in [5.41, 5.74) is 0.785. The first-order chi connectivity index (χ1) is 13.8. The van der Waals surface area contributed by atoms with Gasteiger partial charge in [0.05, 0.1) is 11.6 Å². The summed E-state index contributed by atoms with van der Waals surface area (Å²) in [5, 5.41) is 7.57. The van der Waals surface area contributed by atoms with Gasteiger partial charge in [0.1, 0.15) is 24.7 Å². The zero-order valence-corrected chi connectivity index (χ0v) is 17.1. The van der Waals surface area contributed by atoms with Crippen LogP contribution in [-0.2, 0) is 0 Å². The second-order valence-corrected chi connectivity index (χ2v) is 6.66. The van der Waals surface area contributed by atoms with E-state index in [0.717, 1.165) is 30.9 Å². The van der Waals surface area contributed by atoms with Gasteiger partial charge in [0.25, 0.3) is 5.89 Å². The second-order valence-electron chi connectivity index (χ2n) is 6.66. The van der Waals surface area contributed by atoms with Gasteiger partial charge in [-0.1, -0.05) is 35.5 Å². The Morgan fingerprint density at radius 3 is 2.66 bits per heavy atom. The van der Waals surface area contributed by atoms with Crippen molar-refractivity contribution < 1.29 is 14.0 Å². The van der Waals surface area contributed by atoms with Crippen LogP contribution in [0.1, 0.15) is 11.9 Å². The van der Waals surface area contributed by atoms with Gasteiger partial charge >= 0.3 is 0 Å². The predicted molar refractivity (Wildman–Crippen MR) is 113 cm³/mol. The van der Waals surface area contributed by atoms with Crippen molar-refractivity contribution in [1.29, 1.82) is 0 Å². The van der Waals surface area contributed by atoms with Gasteiger partial charge in [-0.05, 0) is 31.3 Å². The summed E-state index contributed by atoms with van der Waals surface area (Å²) < 4.78 is 17.1. The van der Waals surface area contributed by atoms with E-state index in [4.69, 9.17) is 14.0 Å². The third-order valence-corrected chi connectivity index (χ3v) is 4.72. The molecular formula is C21H25ClN4O3. The first-order valence-corrected chi connectivity index (χ1v) is 9.46. The van der Waals surface area contributed by atoms with E-state index < -0.39 is 0 Å². The fraction of sp³-hybridized carbons (Fsp3) is 0.333. The molecule has 0 saturated carbocycles. The molecule has 154 valence electrons. The van der Waals surface area contributed by atoms with Crippen LogP contribution in [0.25, 0.3) is 11.5 Å². The number of nitrogens with zero attached hydrogens (tertiary/aromatic N) is 3. The molecule has 0 bridgehead atoms. The van der Waals surface area contributed by atoms with Crippen LogP contribution < -0.4 is 14.8 Å². The molecule has 1 aliphatic rings. The number of hydrogen-bond acceptors (Lipinski definition) is 7. The van der Waals surface area contributed by atoms with Gasteiger partial charge < -0.3 is 19.3 Å². The van der Waals surface area contributed by atoms with Crippen LogP contribution in [0.4, 0.5) is 0 Å². The number of benzene rings is 2. The molecule has 8 heteroatoms. The average Bonchev–Trinajstić information content (AvgIpc) is 3.22. The molecule has 29 heavy (non-hydrogen) atoms. The smallest absolute Gasteiger partial charge is 0.261 e. The molecule has 0 radical (unpaired) electrons. The largest absolute Gasteiger partial charge is 0.490 e. The third-order valence-electron chi connectivity index (χ3n) is 4.72. The first kappa shape index (κ1) is 21.1. The average molecular weight is 417 g/mol. The monoisotopic (exact) mass is 416 g/mol. The molecule has 1 aromatic heterocycles. The number of likely N-dealkylation sites (N-methyl/N-ethyl adjacent to an activating group) is 1. The summed E-state index contributed by atoms with van der Waals surface area (Å²) >= 11 is 0. The topological polar surface area (TPSA) is 72.7 Å². The maximum absolute atomic E-state index is 5.91. The maximum atomic E-state index is 5.91. The van der Waals surface area contributed by atoms with Crippen LogP contribution in [0.5, 0.6) is 11.5 Å². The van der Waals surface area contributed by atoms with Gasteiger partial charge in [-0.2, -0.15) is 4.98 Å². The second kappa shape index (κ2) is 10.2. The molecule has 2 aromatic carbocycles. The molecule has 7 nitrogen and oxygen atoms in total. The summed E-state index contributed by atoms with van der Waals surface area (Å²) in [7, 11) is 2.07. The zero-order valence-electron chi connectivity index (χ0n) is 16.3. The molecule has 1 atom stereocenters. The lowest BCUT2D eigenvalue weighted by Crippen LogP contribution is -2.44. The highest BCUT2D eigenvalue weighted by Crippen LogP contribution is 2.30. The van der Waals surface area contributed by atoms with Crippen LogP contribution >= 0.6 is 12.4 Å². The highest BCUT2D eigenvalue weighted by Gasteiger charge is 2.26. The number of rotatable bonds is 7. The fourth-order valence-electron chi connectivity index (χ4n) is 3.17. The molecule has 0 amide bonds. The molecule has 1 aliphatic heterocycles. The van der Waals surface area contributed by atoms with Gasteiger partial charge in [0.2, 0.25) is 0 Å². The Kier molecular flexibility index (Phi) is 7.46. The summed E-state index contributed by atoms with van der Waals surface area (Å²) in [6.07, 6.45) is 0. The Labute approximate surface area is 176 Å². The molecule has 1 saturated heterocycles. The molecule has 1 fully saturated rings. The van der Waals surface area contributed by atoms with Gasteiger partial charge in [-0.15, -0.1) is 12.4 Å². The van der Waals surface area contributed by atoms with Crippen molar-refractivity contribution in [3.05, 3.63) is 60.4 Å². The molecule has 0 aliphatic carbocycles. The van der Waals surface area contributed by atoms with Crippen LogP contribution in [0, 0.1) is 0 Å². The standard InChI is InChI=1S/C21H24N4O3.ClH/c1-25-12-11-22-15-18(25)20-23-21(28-24-20)17-9-5-6-10-19(17)27-14-13-26-16-7-3-2-4-8-16;/h2-10,18,22H,11-15H2,1H3;1H. The number of ether oxygens (including phenoxy) is 2. The van der Waals surface area contributed by atoms with E-state index in [-0.39, 0.29) is 18.4 Å². The van der Waals surface area contributed by atoms with Crippen molar-refractivity contribution in [2.45, 2.75) is 6.04 Å². The normalized spacial score (nSPS) is 16.8. The number of halogens is 1. The van der Waals surface area contributed by atoms with Gasteiger partial charge in [0.15, 0.2) is 5.82 Å². The zero-order chi connectivity index (χ0) is 19.2. The van der Waals surface area contributed by atoms with Crippen LogP contribution in [0.2, 0.25) is 0 Å². The Bertz CT molecular complexity index is 890. The number of aromatic nitrogens is 2. The number of piperazine rings is 1. The minimum absolute atomic E-state index is 0. The fourth-order valence-corrected chi connectivity index (χ4v) is 3.17. The van der Waals surface area contributed by atoms with Crippen molar-refractivity contribution in [3.8, 4) is 23.0 Å². The summed E-state index contributed by atoms with van der Waals surface area (Å²) in [4.78, 5) is 6.85. The highest BCUT2D eigenvalue weighted by molar-refractivity contribution is 5.85. The van der Waals surface area contributed by atoms with Crippen LogP contribution in [0.15, 0.2) is 59.1 Å². The van der Waals surface area contributed by atoms with Crippen LogP contribution in [0.3, 0.4) is 0 Å². The highest BCUT2D eigenvalue weighted by atomic mass is 35.5. The molecule has 4 rings (SSSR count). The number of nitrogens with one attached hydrogen (secondary N) is 1. The quantitative estimate of drug-likeness (QED) is 0.593. The maximum Gasteiger partial charge on any atom is 0.261 e. The number of hydrogen-bond donors (Lipinski definition) is 1. The minimum atomic E-state index is 0. The van der Waals surface area contributed by atoms with Crippen molar-refractivity contribution in [2.75, 3.05) is 39.9 Å². The lowest BCUT2D eigenvalue weighted by Gasteiger charge is -2.30. The summed E-state index contributed by atoms with van der Waals surface area (Å²) in [6.45, 7) is 3.60. The van der Waals surface area contributed by atoms with Gasteiger partial charge in [-0.3, -0.25) is 4.90 Å². The van der Waals surface area contributed by atoms with E-state index in [0.29, 0.717) is 30.7 Å². The lowest BCUT2D eigenvalue weighted by molar-refractivity contribution is 0.190.